The fourth-order valence-electron chi connectivity index (χ4n) is 2.48. The molecule has 0 saturated carbocycles. The predicted molar refractivity (Wildman–Crippen MR) is 67.8 cm³/mol. The summed E-state index contributed by atoms with van der Waals surface area (Å²) in [5.74, 6) is -0.170. The molecular formula is C14H20FNO. The Morgan fingerprint density at radius 2 is 1.88 bits per heavy atom. The first-order chi connectivity index (χ1) is 8.04. The lowest BCUT2D eigenvalue weighted by Gasteiger charge is -2.33. The molecule has 1 aliphatic rings. The number of benzene rings is 1. The predicted octanol–water partition coefficient (Wildman–Crippen LogP) is 3.50. The molecule has 0 spiro atoms. The van der Waals surface area contributed by atoms with E-state index in [1.54, 1.807) is 6.07 Å². The Morgan fingerprint density at radius 3 is 2.47 bits per heavy atom. The first-order valence-corrected chi connectivity index (χ1v) is 6.22. The fourth-order valence-corrected chi connectivity index (χ4v) is 2.48. The Bertz CT molecular complexity index is 384. The number of aryl methyl sites for hydroxylation is 1. The van der Waals surface area contributed by atoms with Crippen molar-refractivity contribution >= 4 is 5.69 Å². The van der Waals surface area contributed by atoms with Gasteiger partial charge in [-0.3, -0.25) is 0 Å². The monoisotopic (exact) mass is 237 g/mol. The highest BCUT2D eigenvalue weighted by atomic mass is 19.1. The van der Waals surface area contributed by atoms with Crippen molar-refractivity contribution in [3.05, 3.63) is 29.6 Å². The van der Waals surface area contributed by atoms with Gasteiger partial charge in [-0.05, 0) is 51.3 Å². The van der Waals surface area contributed by atoms with Crippen LogP contribution in [0.1, 0.15) is 32.3 Å². The van der Waals surface area contributed by atoms with Gasteiger partial charge in [-0.1, -0.05) is 6.07 Å². The van der Waals surface area contributed by atoms with Crippen LogP contribution in [0.2, 0.25) is 0 Å². The number of nitrogens with one attached hydrogen (secondary N) is 1. The van der Waals surface area contributed by atoms with Crippen molar-refractivity contribution in [2.24, 2.45) is 0 Å². The van der Waals surface area contributed by atoms with Crippen molar-refractivity contribution in [2.45, 2.75) is 51.9 Å². The first-order valence-electron chi connectivity index (χ1n) is 6.22. The number of rotatable bonds is 2. The van der Waals surface area contributed by atoms with Gasteiger partial charge in [0.05, 0.1) is 17.9 Å². The molecule has 2 nitrogen and oxygen atoms in total. The number of halogens is 1. The van der Waals surface area contributed by atoms with E-state index in [0.717, 1.165) is 18.4 Å². The van der Waals surface area contributed by atoms with Crippen molar-refractivity contribution in [1.82, 2.24) is 0 Å². The second kappa shape index (κ2) is 5.05. The molecule has 1 N–H and O–H groups in total. The quantitative estimate of drug-likeness (QED) is 0.850. The molecule has 1 saturated heterocycles. The summed E-state index contributed by atoms with van der Waals surface area (Å²) in [5, 5.41) is 3.28. The maximum atomic E-state index is 13.7. The van der Waals surface area contributed by atoms with E-state index in [2.05, 4.69) is 19.2 Å². The summed E-state index contributed by atoms with van der Waals surface area (Å²) in [6.07, 6.45) is 2.34. The Kier molecular flexibility index (Phi) is 3.67. The highest BCUT2D eigenvalue weighted by Gasteiger charge is 2.24. The fraction of sp³-hybridized carbons (Fsp3) is 0.571. The zero-order valence-corrected chi connectivity index (χ0v) is 10.7. The summed E-state index contributed by atoms with van der Waals surface area (Å²) in [6, 6.07) is 5.60. The van der Waals surface area contributed by atoms with Crippen LogP contribution in [0, 0.1) is 12.7 Å². The maximum absolute atomic E-state index is 13.7. The van der Waals surface area contributed by atoms with Gasteiger partial charge >= 0.3 is 0 Å². The van der Waals surface area contributed by atoms with Gasteiger partial charge < -0.3 is 10.1 Å². The number of hydrogen-bond acceptors (Lipinski definition) is 2. The van der Waals surface area contributed by atoms with Crippen molar-refractivity contribution in [3.63, 3.8) is 0 Å². The van der Waals surface area contributed by atoms with Crippen molar-refractivity contribution < 1.29 is 9.13 Å². The Hall–Kier alpha value is -1.09. The molecule has 2 atom stereocenters. The zero-order valence-electron chi connectivity index (χ0n) is 10.7. The zero-order chi connectivity index (χ0) is 12.4. The lowest BCUT2D eigenvalue weighted by atomic mass is 9.99. The molecule has 1 aliphatic heterocycles. The van der Waals surface area contributed by atoms with E-state index >= 15 is 0 Å². The van der Waals surface area contributed by atoms with E-state index in [1.807, 2.05) is 19.1 Å². The maximum Gasteiger partial charge on any atom is 0.146 e. The molecule has 2 unspecified atom stereocenters. The molecule has 17 heavy (non-hydrogen) atoms. The summed E-state index contributed by atoms with van der Waals surface area (Å²) in [4.78, 5) is 0. The van der Waals surface area contributed by atoms with Crippen LogP contribution in [0.5, 0.6) is 0 Å². The van der Waals surface area contributed by atoms with Gasteiger partial charge in [-0.15, -0.1) is 0 Å². The molecule has 1 heterocycles. The van der Waals surface area contributed by atoms with E-state index in [-0.39, 0.29) is 18.0 Å². The average Bonchev–Trinajstić information content (AvgIpc) is 2.21. The van der Waals surface area contributed by atoms with Crippen LogP contribution in [0.25, 0.3) is 0 Å². The van der Waals surface area contributed by atoms with E-state index in [9.17, 15) is 4.39 Å². The lowest BCUT2D eigenvalue weighted by molar-refractivity contribution is -0.0338. The normalized spacial score (nSPS) is 29.1. The number of anilines is 1. The molecule has 0 radical (unpaired) electrons. The second-order valence-corrected chi connectivity index (χ2v) is 5.05. The minimum Gasteiger partial charge on any atom is -0.380 e. The molecule has 0 amide bonds. The van der Waals surface area contributed by atoms with E-state index in [1.165, 1.54) is 0 Å². The van der Waals surface area contributed by atoms with Crippen LogP contribution in [-0.2, 0) is 4.74 Å². The molecule has 1 aromatic rings. The molecule has 94 valence electrons. The largest absolute Gasteiger partial charge is 0.380 e. The standard InChI is InChI=1S/C14H20FNO/c1-9-4-5-14(13(15)6-9)16-12-7-10(2)17-11(3)8-12/h4-6,10-12,16H,7-8H2,1-3H3. The molecule has 2 rings (SSSR count). The minimum absolute atomic E-state index is 0.170. The lowest BCUT2D eigenvalue weighted by Crippen LogP contribution is -2.37. The number of hydrogen-bond donors (Lipinski definition) is 1. The van der Waals surface area contributed by atoms with E-state index in [0.29, 0.717) is 11.7 Å². The Labute approximate surface area is 102 Å². The summed E-state index contributed by atoms with van der Waals surface area (Å²) < 4.78 is 19.4. The van der Waals surface area contributed by atoms with Crippen LogP contribution in [0.4, 0.5) is 10.1 Å². The molecule has 1 aromatic carbocycles. The van der Waals surface area contributed by atoms with Crippen LogP contribution >= 0.6 is 0 Å². The highest BCUT2D eigenvalue weighted by molar-refractivity contribution is 5.47. The first kappa shape index (κ1) is 12.4. The van der Waals surface area contributed by atoms with Crippen LogP contribution in [0.15, 0.2) is 18.2 Å². The van der Waals surface area contributed by atoms with Gasteiger partial charge in [0, 0.05) is 6.04 Å². The third-order valence-corrected chi connectivity index (χ3v) is 3.18. The summed E-state index contributed by atoms with van der Waals surface area (Å²) in [7, 11) is 0. The minimum atomic E-state index is -0.170. The molecular weight excluding hydrogens is 217 g/mol. The van der Waals surface area contributed by atoms with Crippen LogP contribution < -0.4 is 5.32 Å². The SMILES string of the molecule is Cc1ccc(NC2CC(C)OC(C)C2)c(F)c1. The average molecular weight is 237 g/mol. The molecule has 0 aromatic heterocycles. The Balaban J connectivity index is 2.04. The van der Waals surface area contributed by atoms with Crippen LogP contribution in [-0.4, -0.2) is 18.2 Å². The third kappa shape index (κ3) is 3.19. The van der Waals surface area contributed by atoms with Gasteiger partial charge in [0.1, 0.15) is 5.82 Å². The van der Waals surface area contributed by atoms with Gasteiger partial charge in [0.2, 0.25) is 0 Å². The van der Waals surface area contributed by atoms with Crippen LogP contribution in [0.3, 0.4) is 0 Å². The third-order valence-electron chi connectivity index (χ3n) is 3.18. The smallest absolute Gasteiger partial charge is 0.146 e. The van der Waals surface area contributed by atoms with Crippen molar-refractivity contribution in [1.29, 1.82) is 0 Å². The van der Waals surface area contributed by atoms with Gasteiger partial charge in [-0.25, -0.2) is 4.39 Å². The summed E-state index contributed by atoms with van der Waals surface area (Å²) >= 11 is 0. The van der Waals surface area contributed by atoms with Gasteiger partial charge in [0.25, 0.3) is 0 Å². The molecule has 0 bridgehead atoms. The summed E-state index contributed by atoms with van der Waals surface area (Å²) in [5.41, 5.74) is 1.55. The summed E-state index contributed by atoms with van der Waals surface area (Å²) in [6.45, 7) is 6.02. The van der Waals surface area contributed by atoms with Crippen molar-refractivity contribution in [3.8, 4) is 0 Å². The topological polar surface area (TPSA) is 21.3 Å². The van der Waals surface area contributed by atoms with Crippen molar-refractivity contribution in [2.75, 3.05) is 5.32 Å². The second-order valence-electron chi connectivity index (χ2n) is 5.05. The molecule has 3 heteroatoms. The number of ether oxygens (including phenoxy) is 1. The Morgan fingerprint density at radius 1 is 1.24 bits per heavy atom. The van der Waals surface area contributed by atoms with Gasteiger partial charge in [-0.2, -0.15) is 0 Å². The molecule has 1 fully saturated rings. The van der Waals surface area contributed by atoms with E-state index < -0.39 is 0 Å². The van der Waals surface area contributed by atoms with E-state index in [4.69, 9.17) is 4.74 Å². The highest BCUT2D eigenvalue weighted by Crippen LogP contribution is 2.24. The van der Waals surface area contributed by atoms with Gasteiger partial charge in [0.15, 0.2) is 0 Å². The molecule has 0 aliphatic carbocycles.